The second-order valence-electron chi connectivity index (χ2n) is 5.87. The average molecular weight is 286 g/mol. The number of nitrogens with one attached hydrogen (secondary N) is 1. The summed E-state index contributed by atoms with van der Waals surface area (Å²) in [6.45, 7) is 2.13. The molecule has 1 aliphatic rings. The van der Waals surface area contributed by atoms with Crippen LogP contribution in [0, 0.1) is 5.92 Å². The van der Waals surface area contributed by atoms with Crippen molar-refractivity contribution in [3.05, 3.63) is 29.6 Å². The largest absolute Gasteiger partial charge is 0.468 e. The first-order chi connectivity index (χ1) is 10.2. The van der Waals surface area contributed by atoms with Crippen LogP contribution in [0.1, 0.15) is 49.9 Å². The van der Waals surface area contributed by atoms with Gasteiger partial charge in [-0.05, 0) is 42.9 Å². The number of rotatable bonds is 4. The van der Waals surface area contributed by atoms with Crippen LogP contribution in [-0.4, -0.2) is 23.0 Å². The third-order valence-corrected chi connectivity index (χ3v) is 4.59. The van der Waals surface area contributed by atoms with Crippen LogP contribution in [0.15, 0.2) is 18.2 Å². The Labute approximate surface area is 124 Å². The van der Waals surface area contributed by atoms with Gasteiger partial charge in [-0.3, -0.25) is 4.79 Å². The minimum atomic E-state index is -0.255. The minimum absolute atomic E-state index is 0.170. The van der Waals surface area contributed by atoms with E-state index in [-0.39, 0.29) is 11.9 Å². The van der Waals surface area contributed by atoms with E-state index < -0.39 is 0 Å². The van der Waals surface area contributed by atoms with Crippen LogP contribution >= 0.6 is 0 Å². The number of methoxy groups -OCH3 is 1. The van der Waals surface area contributed by atoms with Crippen molar-refractivity contribution in [3.63, 3.8) is 0 Å². The number of nitrogens with zero attached hydrogens (tertiary/aromatic N) is 1. The Hall–Kier alpha value is -1.84. The Bertz CT molecular complexity index is 641. The van der Waals surface area contributed by atoms with Crippen LogP contribution in [0.25, 0.3) is 11.0 Å². The molecule has 1 heterocycles. The van der Waals surface area contributed by atoms with E-state index in [1.165, 1.54) is 25.5 Å². The maximum atomic E-state index is 12.2. The summed E-state index contributed by atoms with van der Waals surface area (Å²) < 4.78 is 5.02. The van der Waals surface area contributed by atoms with Gasteiger partial charge in [0, 0.05) is 0 Å². The van der Waals surface area contributed by atoms with Crippen molar-refractivity contribution in [2.45, 2.75) is 44.9 Å². The van der Waals surface area contributed by atoms with Gasteiger partial charge in [0.15, 0.2) is 0 Å². The summed E-state index contributed by atoms with van der Waals surface area (Å²) in [7, 11) is 1.46. The summed E-state index contributed by atoms with van der Waals surface area (Å²) in [5, 5.41) is 0. The summed E-state index contributed by atoms with van der Waals surface area (Å²) in [6, 6.07) is 6.24. The van der Waals surface area contributed by atoms with E-state index in [1.807, 2.05) is 6.07 Å². The Kier molecular flexibility index (Phi) is 3.95. The van der Waals surface area contributed by atoms with Gasteiger partial charge in [0.25, 0.3) is 0 Å². The van der Waals surface area contributed by atoms with Gasteiger partial charge in [0.1, 0.15) is 11.7 Å². The monoisotopic (exact) mass is 286 g/mol. The SMILES string of the molecule is CCc1ccc2nc(C(C(=O)OC)C3CCCC3)[nH]c2c1. The predicted molar refractivity (Wildman–Crippen MR) is 82.2 cm³/mol. The number of imidazole rings is 1. The van der Waals surface area contributed by atoms with Crippen LogP contribution in [0.2, 0.25) is 0 Å². The second kappa shape index (κ2) is 5.88. The van der Waals surface area contributed by atoms with Crippen molar-refractivity contribution in [2.24, 2.45) is 5.92 Å². The summed E-state index contributed by atoms with van der Waals surface area (Å²) >= 11 is 0. The van der Waals surface area contributed by atoms with Gasteiger partial charge in [-0.25, -0.2) is 4.98 Å². The minimum Gasteiger partial charge on any atom is -0.468 e. The summed E-state index contributed by atoms with van der Waals surface area (Å²) in [6.07, 6.45) is 5.54. The summed E-state index contributed by atoms with van der Waals surface area (Å²) in [4.78, 5) is 20.2. The maximum Gasteiger partial charge on any atom is 0.316 e. The van der Waals surface area contributed by atoms with E-state index in [1.54, 1.807) is 0 Å². The first kappa shape index (κ1) is 14.1. The normalized spacial score (nSPS) is 17.2. The molecule has 0 amide bonds. The van der Waals surface area contributed by atoms with Crippen LogP contribution < -0.4 is 0 Å². The highest BCUT2D eigenvalue weighted by atomic mass is 16.5. The first-order valence-electron chi connectivity index (χ1n) is 7.79. The van der Waals surface area contributed by atoms with Crippen molar-refractivity contribution in [1.82, 2.24) is 9.97 Å². The molecule has 4 heteroatoms. The molecular formula is C17H22N2O2. The van der Waals surface area contributed by atoms with E-state index in [4.69, 9.17) is 4.74 Å². The highest BCUT2D eigenvalue weighted by Gasteiger charge is 2.35. The van der Waals surface area contributed by atoms with Crippen molar-refractivity contribution in [2.75, 3.05) is 7.11 Å². The standard InChI is InChI=1S/C17H22N2O2/c1-3-11-8-9-13-14(10-11)19-16(18-13)15(17(20)21-2)12-6-4-5-7-12/h8-10,12,15H,3-7H2,1-2H3,(H,18,19). The molecule has 1 atom stereocenters. The van der Waals surface area contributed by atoms with Gasteiger partial charge in [-0.15, -0.1) is 0 Å². The highest BCUT2D eigenvalue weighted by molar-refractivity contribution is 5.81. The number of aromatic nitrogens is 2. The number of carbonyl (C=O) groups excluding carboxylic acids is 1. The number of esters is 1. The number of hydrogen-bond donors (Lipinski definition) is 1. The van der Waals surface area contributed by atoms with E-state index in [0.717, 1.165) is 36.1 Å². The van der Waals surface area contributed by atoms with Crippen molar-refractivity contribution < 1.29 is 9.53 Å². The molecule has 0 spiro atoms. The fourth-order valence-corrected chi connectivity index (χ4v) is 3.39. The van der Waals surface area contributed by atoms with Crippen LogP contribution in [-0.2, 0) is 16.0 Å². The molecule has 0 saturated heterocycles. The first-order valence-corrected chi connectivity index (χ1v) is 7.79. The molecule has 1 aromatic carbocycles. The highest BCUT2D eigenvalue weighted by Crippen LogP contribution is 2.37. The van der Waals surface area contributed by atoms with Crippen molar-refractivity contribution >= 4 is 17.0 Å². The molecule has 1 saturated carbocycles. The zero-order valence-corrected chi connectivity index (χ0v) is 12.7. The molecule has 1 fully saturated rings. The molecule has 1 unspecified atom stereocenters. The van der Waals surface area contributed by atoms with Crippen molar-refractivity contribution in [1.29, 1.82) is 0 Å². The van der Waals surface area contributed by atoms with E-state index >= 15 is 0 Å². The molecule has 2 aromatic rings. The molecule has 0 bridgehead atoms. The number of benzene rings is 1. The Morgan fingerprint density at radius 2 is 2.19 bits per heavy atom. The zero-order chi connectivity index (χ0) is 14.8. The molecule has 21 heavy (non-hydrogen) atoms. The van der Waals surface area contributed by atoms with Crippen LogP contribution in [0.5, 0.6) is 0 Å². The van der Waals surface area contributed by atoms with Gasteiger partial charge >= 0.3 is 5.97 Å². The number of H-pyrrole nitrogens is 1. The van der Waals surface area contributed by atoms with E-state index in [2.05, 4.69) is 29.0 Å². The lowest BCUT2D eigenvalue weighted by Gasteiger charge is -2.18. The van der Waals surface area contributed by atoms with Gasteiger partial charge in [-0.2, -0.15) is 0 Å². The molecule has 1 aliphatic carbocycles. The second-order valence-corrected chi connectivity index (χ2v) is 5.87. The van der Waals surface area contributed by atoms with Gasteiger partial charge in [0.05, 0.1) is 18.1 Å². The molecule has 112 valence electrons. The number of aryl methyl sites for hydroxylation is 1. The van der Waals surface area contributed by atoms with E-state index in [9.17, 15) is 4.79 Å². The molecule has 0 radical (unpaired) electrons. The molecule has 1 N–H and O–H groups in total. The quantitative estimate of drug-likeness (QED) is 0.874. The molecular weight excluding hydrogens is 264 g/mol. The van der Waals surface area contributed by atoms with Gasteiger partial charge in [-0.1, -0.05) is 25.8 Å². The predicted octanol–water partition coefficient (Wildman–Crippen LogP) is 3.57. The van der Waals surface area contributed by atoms with E-state index in [0.29, 0.717) is 5.92 Å². The van der Waals surface area contributed by atoms with Gasteiger partial charge < -0.3 is 9.72 Å². The lowest BCUT2D eigenvalue weighted by atomic mass is 9.90. The number of ether oxygens (including phenoxy) is 1. The lowest BCUT2D eigenvalue weighted by molar-refractivity contribution is -0.144. The lowest BCUT2D eigenvalue weighted by Crippen LogP contribution is -2.22. The Balaban J connectivity index is 1.99. The fraction of sp³-hybridized carbons (Fsp3) is 0.529. The third-order valence-electron chi connectivity index (χ3n) is 4.59. The number of aromatic amines is 1. The number of hydrogen-bond acceptors (Lipinski definition) is 3. The van der Waals surface area contributed by atoms with Crippen molar-refractivity contribution in [3.8, 4) is 0 Å². The smallest absolute Gasteiger partial charge is 0.316 e. The number of fused-ring (bicyclic) bond motifs is 1. The molecule has 3 rings (SSSR count). The molecule has 4 nitrogen and oxygen atoms in total. The maximum absolute atomic E-state index is 12.2. The average Bonchev–Trinajstić information content (AvgIpc) is 3.15. The summed E-state index contributed by atoms with van der Waals surface area (Å²) in [5.41, 5.74) is 3.21. The van der Waals surface area contributed by atoms with Crippen LogP contribution in [0.3, 0.4) is 0 Å². The zero-order valence-electron chi connectivity index (χ0n) is 12.7. The molecule has 1 aromatic heterocycles. The third kappa shape index (κ3) is 2.67. The Morgan fingerprint density at radius 1 is 1.43 bits per heavy atom. The Morgan fingerprint density at radius 3 is 2.86 bits per heavy atom. The van der Waals surface area contributed by atoms with Crippen LogP contribution in [0.4, 0.5) is 0 Å². The number of carbonyl (C=O) groups is 1. The summed E-state index contributed by atoms with van der Waals surface area (Å²) in [5.74, 6) is 0.687. The van der Waals surface area contributed by atoms with Gasteiger partial charge in [0.2, 0.25) is 0 Å². The fourth-order valence-electron chi connectivity index (χ4n) is 3.39. The molecule has 0 aliphatic heterocycles. The topological polar surface area (TPSA) is 55.0 Å².